The van der Waals surface area contributed by atoms with Crippen molar-refractivity contribution in [2.24, 2.45) is 0 Å². The van der Waals surface area contributed by atoms with Crippen LogP contribution in [0.1, 0.15) is 33.9 Å². The second-order valence-electron chi connectivity index (χ2n) is 8.48. The van der Waals surface area contributed by atoms with E-state index in [9.17, 15) is 9.90 Å². The average molecular weight is 513 g/mol. The van der Waals surface area contributed by atoms with Gasteiger partial charge in [0.2, 0.25) is 0 Å². The quantitative estimate of drug-likeness (QED) is 0.456. The first-order valence-electron chi connectivity index (χ1n) is 11.4. The number of carboxylic acid groups (broad SMARTS) is 1. The number of hydrogen-bond donors (Lipinski definition) is 2. The minimum absolute atomic E-state index is 0.143. The second kappa shape index (κ2) is 10.3. The lowest BCUT2D eigenvalue weighted by molar-refractivity contribution is 0.0347. The molecule has 2 N–H and O–H groups in total. The molecule has 1 aromatic carbocycles. The first kappa shape index (κ1) is 23.7. The fourth-order valence-corrected chi connectivity index (χ4v) is 5.08. The molecule has 8 nitrogen and oxygen atoms in total. The third-order valence-electron chi connectivity index (χ3n) is 6.36. The summed E-state index contributed by atoms with van der Waals surface area (Å²) in [4.78, 5) is 20.5. The standard InChI is InChI=1S/C25H25ClN4O4S/c26-18-5-4-16(24(31)32)15-17(18)20-6-7-21(34-20)23-22(19-3-1-2-8-27-19)28-25(35)30(23)10-9-29-11-13-33-14-12-29/h1-8,15,22-23H,9-14H2,(H,28,35)(H,31,32). The van der Waals surface area contributed by atoms with Gasteiger partial charge in [0.25, 0.3) is 0 Å². The number of aromatic nitrogens is 1. The van der Waals surface area contributed by atoms with E-state index in [4.69, 9.17) is 33.0 Å². The number of furan rings is 1. The monoisotopic (exact) mass is 512 g/mol. The average Bonchev–Trinajstić information content (AvgIpc) is 3.48. The molecule has 0 spiro atoms. The lowest BCUT2D eigenvalue weighted by atomic mass is 10.0. The van der Waals surface area contributed by atoms with Crippen LogP contribution in [0.4, 0.5) is 0 Å². The number of pyridine rings is 1. The van der Waals surface area contributed by atoms with Crippen molar-refractivity contribution in [3.63, 3.8) is 0 Å². The van der Waals surface area contributed by atoms with Gasteiger partial charge in [-0.05, 0) is 54.7 Å². The van der Waals surface area contributed by atoms with E-state index in [1.54, 1.807) is 12.3 Å². The Bertz CT molecular complexity index is 1220. The molecule has 3 aromatic rings. The number of nitrogens with one attached hydrogen (secondary N) is 1. The Balaban J connectivity index is 1.47. The number of carbonyl (C=O) groups is 1. The van der Waals surface area contributed by atoms with E-state index in [0.717, 1.165) is 38.5 Å². The number of thiocarbonyl (C=S) groups is 1. The van der Waals surface area contributed by atoms with Crippen LogP contribution in [-0.2, 0) is 4.74 Å². The van der Waals surface area contributed by atoms with Gasteiger partial charge in [0.1, 0.15) is 17.6 Å². The summed E-state index contributed by atoms with van der Waals surface area (Å²) in [7, 11) is 0. The van der Waals surface area contributed by atoms with Gasteiger partial charge in [-0.25, -0.2) is 4.79 Å². The van der Waals surface area contributed by atoms with E-state index >= 15 is 0 Å². The van der Waals surface area contributed by atoms with E-state index in [2.05, 4.69) is 20.1 Å². The van der Waals surface area contributed by atoms with Gasteiger partial charge in [0, 0.05) is 37.9 Å². The van der Waals surface area contributed by atoms with Crippen LogP contribution in [0, 0.1) is 0 Å². The molecular formula is C25H25ClN4O4S. The molecule has 2 atom stereocenters. The molecule has 2 saturated heterocycles. The highest BCUT2D eigenvalue weighted by atomic mass is 35.5. The lowest BCUT2D eigenvalue weighted by Gasteiger charge is -2.31. The van der Waals surface area contributed by atoms with Gasteiger partial charge >= 0.3 is 5.97 Å². The Morgan fingerprint density at radius 1 is 1.17 bits per heavy atom. The summed E-state index contributed by atoms with van der Waals surface area (Å²) in [6.45, 7) is 4.82. The first-order chi connectivity index (χ1) is 17.0. The molecule has 182 valence electrons. The molecule has 0 amide bonds. The Labute approximate surface area is 213 Å². The predicted octanol–water partition coefficient (Wildman–Crippen LogP) is 4.00. The number of aromatic carboxylic acids is 1. The van der Waals surface area contributed by atoms with Gasteiger partial charge in [0.05, 0.1) is 35.5 Å². The number of ether oxygens (including phenoxy) is 1. The fourth-order valence-electron chi connectivity index (χ4n) is 4.53. The summed E-state index contributed by atoms with van der Waals surface area (Å²) < 4.78 is 11.8. The topological polar surface area (TPSA) is 91.1 Å². The maximum Gasteiger partial charge on any atom is 0.335 e. The van der Waals surface area contributed by atoms with Gasteiger partial charge < -0.3 is 24.5 Å². The van der Waals surface area contributed by atoms with Crippen molar-refractivity contribution >= 4 is 34.9 Å². The van der Waals surface area contributed by atoms with Gasteiger partial charge in [-0.3, -0.25) is 9.88 Å². The van der Waals surface area contributed by atoms with E-state index < -0.39 is 5.97 Å². The van der Waals surface area contributed by atoms with E-state index in [-0.39, 0.29) is 17.6 Å². The van der Waals surface area contributed by atoms with Crippen LogP contribution < -0.4 is 5.32 Å². The molecule has 0 saturated carbocycles. The Morgan fingerprint density at radius 2 is 2.00 bits per heavy atom. The molecule has 4 heterocycles. The van der Waals surface area contributed by atoms with Gasteiger partial charge in [-0.15, -0.1) is 0 Å². The first-order valence-corrected chi connectivity index (χ1v) is 12.2. The smallest absolute Gasteiger partial charge is 0.335 e. The molecule has 2 aliphatic heterocycles. The molecular weight excluding hydrogens is 488 g/mol. The molecule has 0 aliphatic carbocycles. The number of carboxylic acids is 1. The maximum atomic E-state index is 11.5. The van der Waals surface area contributed by atoms with Crippen LogP contribution in [0.2, 0.25) is 5.02 Å². The van der Waals surface area contributed by atoms with Crippen molar-refractivity contribution in [2.75, 3.05) is 39.4 Å². The molecule has 2 aromatic heterocycles. The van der Waals surface area contributed by atoms with E-state index in [1.807, 2.05) is 30.3 Å². The van der Waals surface area contributed by atoms with Gasteiger partial charge in [0.15, 0.2) is 5.11 Å². The number of hydrogen-bond acceptors (Lipinski definition) is 6. The van der Waals surface area contributed by atoms with Crippen molar-refractivity contribution in [1.29, 1.82) is 0 Å². The summed E-state index contributed by atoms with van der Waals surface area (Å²) >= 11 is 12.1. The largest absolute Gasteiger partial charge is 0.478 e. The van der Waals surface area contributed by atoms with Gasteiger partial charge in [-0.2, -0.15) is 0 Å². The number of morpholine rings is 1. The third kappa shape index (κ3) is 5.04. The van der Waals surface area contributed by atoms with Crippen molar-refractivity contribution < 1.29 is 19.1 Å². The summed E-state index contributed by atoms with van der Waals surface area (Å²) in [5, 5.41) is 13.9. The zero-order chi connectivity index (χ0) is 24.4. The highest BCUT2D eigenvalue weighted by molar-refractivity contribution is 7.80. The molecule has 5 rings (SSSR count). The molecule has 2 fully saturated rings. The Hall–Kier alpha value is -2.98. The van der Waals surface area contributed by atoms with Crippen LogP contribution in [-0.4, -0.2) is 70.4 Å². The van der Waals surface area contributed by atoms with Crippen LogP contribution in [0.25, 0.3) is 11.3 Å². The highest BCUT2D eigenvalue weighted by Gasteiger charge is 2.41. The Kier molecular flexibility index (Phi) is 7.01. The minimum Gasteiger partial charge on any atom is -0.478 e. The van der Waals surface area contributed by atoms with Crippen molar-refractivity contribution in [1.82, 2.24) is 20.1 Å². The van der Waals surface area contributed by atoms with Crippen LogP contribution in [0.15, 0.2) is 59.1 Å². The molecule has 2 aliphatic rings. The zero-order valence-electron chi connectivity index (χ0n) is 18.9. The highest BCUT2D eigenvalue weighted by Crippen LogP contribution is 2.41. The number of nitrogens with zero attached hydrogens (tertiary/aromatic N) is 3. The number of rotatable bonds is 7. The molecule has 0 radical (unpaired) electrons. The van der Waals surface area contributed by atoms with Crippen LogP contribution in [0.5, 0.6) is 0 Å². The fraction of sp³-hybridized carbons (Fsp3) is 0.320. The normalized spacial score (nSPS) is 20.7. The molecule has 0 bridgehead atoms. The van der Waals surface area contributed by atoms with Crippen LogP contribution >= 0.6 is 23.8 Å². The maximum absolute atomic E-state index is 11.5. The zero-order valence-corrected chi connectivity index (χ0v) is 20.5. The summed E-state index contributed by atoms with van der Waals surface area (Å²) in [6, 6.07) is 13.7. The van der Waals surface area contributed by atoms with E-state index in [1.165, 1.54) is 12.1 Å². The summed E-state index contributed by atoms with van der Waals surface area (Å²) in [5.41, 5.74) is 1.53. The van der Waals surface area contributed by atoms with E-state index in [0.29, 0.717) is 33.8 Å². The SMILES string of the molecule is O=C(O)c1ccc(Cl)c(-c2ccc(C3C(c4ccccn4)NC(=S)N3CCN3CCOCC3)o2)c1. The van der Waals surface area contributed by atoms with Crippen molar-refractivity contribution in [3.05, 3.63) is 76.8 Å². The summed E-state index contributed by atoms with van der Waals surface area (Å²) in [6.07, 6.45) is 1.76. The van der Waals surface area contributed by atoms with Gasteiger partial charge in [-0.1, -0.05) is 17.7 Å². The predicted molar refractivity (Wildman–Crippen MR) is 136 cm³/mol. The van der Waals surface area contributed by atoms with Crippen molar-refractivity contribution in [3.8, 4) is 11.3 Å². The lowest BCUT2D eigenvalue weighted by Crippen LogP contribution is -2.42. The Morgan fingerprint density at radius 3 is 2.74 bits per heavy atom. The number of benzene rings is 1. The summed E-state index contributed by atoms with van der Waals surface area (Å²) in [5.74, 6) is 0.171. The second-order valence-corrected chi connectivity index (χ2v) is 9.27. The molecule has 35 heavy (non-hydrogen) atoms. The van der Waals surface area contributed by atoms with Crippen LogP contribution in [0.3, 0.4) is 0 Å². The number of halogens is 1. The molecule has 10 heteroatoms. The van der Waals surface area contributed by atoms with Crippen molar-refractivity contribution in [2.45, 2.75) is 12.1 Å². The molecule has 2 unspecified atom stereocenters. The minimum atomic E-state index is -1.02. The third-order valence-corrected chi connectivity index (χ3v) is 7.04.